The molecule has 0 spiro atoms. The summed E-state index contributed by atoms with van der Waals surface area (Å²) in [4.78, 5) is 12.2. The number of amides is 1. The van der Waals surface area contributed by atoms with Crippen LogP contribution in [0.3, 0.4) is 0 Å². The highest BCUT2D eigenvalue weighted by molar-refractivity contribution is 5.79. The number of nitrogens with one attached hydrogen (secondary N) is 2. The lowest BCUT2D eigenvalue weighted by molar-refractivity contribution is -0.141. The molecule has 0 aromatic carbocycles. The Kier molecular flexibility index (Phi) is 3.97. The van der Waals surface area contributed by atoms with E-state index in [4.69, 9.17) is 4.74 Å². The molecule has 2 fully saturated rings. The van der Waals surface area contributed by atoms with Crippen LogP contribution in [0.5, 0.6) is 0 Å². The van der Waals surface area contributed by atoms with Gasteiger partial charge in [0, 0.05) is 24.0 Å². The number of ether oxygens (including phenoxy) is 1. The maximum absolute atomic E-state index is 12.2. The van der Waals surface area contributed by atoms with Crippen LogP contribution in [0.15, 0.2) is 0 Å². The summed E-state index contributed by atoms with van der Waals surface area (Å²) < 4.78 is 5.68. The number of hydrogen-bond acceptors (Lipinski definition) is 3. The zero-order valence-electron chi connectivity index (χ0n) is 12.0. The van der Waals surface area contributed by atoms with Gasteiger partial charge in [0.2, 0.25) is 5.91 Å². The maximum atomic E-state index is 12.2. The lowest BCUT2D eigenvalue weighted by Gasteiger charge is -2.52. The first-order valence-electron chi connectivity index (χ1n) is 7.09. The maximum Gasteiger partial charge on any atom is 0.223 e. The van der Waals surface area contributed by atoms with Gasteiger partial charge >= 0.3 is 0 Å². The first kappa shape index (κ1) is 13.8. The summed E-state index contributed by atoms with van der Waals surface area (Å²) in [6, 6.07) is 0.261. The van der Waals surface area contributed by atoms with E-state index in [-0.39, 0.29) is 29.4 Å². The normalized spacial score (nSPS) is 32.2. The molecule has 1 heterocycles. The minimum atomic E-state index is 0.0588. The molecular formula is C14H26N2O2. The van der Waals surface area contributed by atoms with E-state index in [1.165, 1.54) is 0 Å². The minimum absolute atomic E-state index is 0.0588. The fourth-order valence-electron chi connectivity index (χ4n) is 2.80. The van der Waals surface area contributed by atoms with Gasteiger partial charge in [-0.2, -0.15) is 0 Å². The molecule has 2 aliphatic rings. The number of carbonyl (C=O) groups is 1. The molecule has 3 atom stereocenters. The van der Waals surface area contributed by atoms with Crippen molar-refractivity contribution in [2.24, 2.45) is 17.3 Å². The van der Waals surface area contributed by atoms with Crippen LogP contribution >= 0.6 is 0 Å². The van der Waals surface area contributed by atoms with Gasteiger partial charge in [0.1, 0.15) is 0 Å². The topological polar surface area (TPSA) is 50.4 Å². The van der Waals surface area contributed by atoms with E-state index in [1.807, 2.05) is 13.8 Å². The summed E-state index contributed by atoms with van der Waals surface area (Å²) in [7, 11) is 0. The van der Waals surface area contributed by atoms with Crippen molar-refractivity contribution in [3.05, 3.63) is 0 Å². The molecule has 1 aliphatic carbocycles. The van der Waals surface area contributed by atoms with Gasteiger partial charge in [-0.1, -0.05) is 20.8 Å². The first-order valence-corrected chi connectivity index (χ1v) is 7.09. The largest absolute Gasteiger partial charge is 0.378 e. The van der Waals surface area contributed by atoms with Crippen molar-refractivity contribution in [3.8, 4) is 0 Å². The summed E-state index contributed by atoms with van der Waals surface area (Å²) in [6.45, 7) is 11.1. The van der Waals surface area contributed by atoms with E-state index in [0.29, 0.717) is 5.92 Å². The molecule has 2 N–H and O–H groups in total. The van der Waals surface area contributed by atoms with Crippen LogP contribution in [0.25, 0.3) is 0 Å². The Balaban J connectivity index is 1.81. The van der Waals surface area contributed by atoms with Crippen LogP contribution in [-0.4, -0.2) is 37.7 Å². The second kappa shape index (κ2) is 5.17. The van der Waals surface area contributed by atoms with E-state index >= 15 is 0 Å². The van der Waals surface area contributed by atoms with Gasteiger partial charge in [-0.3, -0.25) is 4.79 Å². The van der Waals surface area contributed by atoms with E-state index in [2.05, 4.69) is 24.5 Å². The van der Waals surface area contributed by atoms with Crippen LogP contribution in [0.4, 0.5) is 0 Å². The van der Waals surface area contributed by atoms with Crippen LogP contribution < -0.4 is 10.6 Å². The lowest BCUT2D eigenvalue weighted by Crippen LogP contribution is -2.63. The van der Waals surface area contributed by atoms with Gasteiger partial charge in [0.15, 0.2) is 0 Å². The fraction of sp³-hybridized carbons (Fsp3) is 0.929. The first-order chi connectivity index (χ1) is 8.46. The number of carbonyl (C=O) groups excluding carboxylic acids is 1. The molecule has 3 unspecified atom stereocenters. The van der Waals surface area contributed by atoms with Crippen molar-refractivity contribution < 1.29 is 9.53 Å². The molecule has 1 saturated carbocycles. The molecule has 18 heavy (non-hydrogen) atoms. The lowest BCUT2D eigenvalue weighted by atomic mass is 9.64. The van der Waals surface area contributed by atoms with Crippen molar-refractivity contribution in [3.63, 3.8) is 0 Å². The van der Waals surface area contributed by atoms with Crippen LogP contribution in [0.2, 0.25) is 0 Å². The van der Waals surface area contributed by atoms with Gasteiger partial charge in [0.05, 0.1) is 6.10 Å². The summed E-state index contributed by atoms with van der Waals surface area (Å²) in [5, 5.41) is 6.42. The Morgan fingerprint density at radius 1 is 1.50 bits per heavy atom. The average molecular weight is 254 g/mol. The Morgan fingerprint density at radius 3 is 2.61 bits per heavy atom. The predicted octanol–water partition coefficient (Wildman–Crippen LogP) is 1.16. The molecular weight excluding hydrogens is 228 g/mol. The second-order valence-corrected chi connectivity index (χ2v) is 6.27. The standard InChI is InChI=1S/C14H26N2O2/c1-5-18-12-6-11(14(12,3)4)16-13(17)9(2)10-7-15-8-10/h9-12,15H,5-8H2,1-4H3,(H,16,17). The quantitative estimate of drug-likeness (QED) is 0.774. The van der Waals surface area contributed by atoms with Crippen molar-refractivity contribution in [2.45, 2.75) is 46.3 Å². The molecule has 4 heteroatoms. The van der Waals surface area contributed by atoms with Gasteiger partial charge < -0.3 is 15.4 Å². The minimum Gasteiger partial charge on any atom is -0.378 e. The summed E-state index contributed by atoms with van der Waals surface area (Å²) in [6.07, 6.45) is 1.23. The fourth-order valence-corrected chi connectivity index (χ4v) is 2.80. The highest BCUT2D eigenvalue weighted by atomic mass is 16.5. The Bertz CT molecular complexity index is 313. The number of hydrogen-bond donors (Lipinski definition) is 2. The van der Waals surface area contributed by atoms with E-state index in [0.717, 1.165) is 26.1 Å². The van der Waals surface area contributed by atoms with Gasteiger partial charge in [-0.05, 0) is 32.4 Å². The van der Waals surface area contributed by atoms with E-state index in [9.17, 15) is 4.79 Å². The summed E-state index contributed by atoms with van der Waals surface area (Å²) in [5.74, 6) is 0.832. The molecule has 0 bridgehead atoms. The van der Waals surface area contributed by atoms with Crippen molar-refractivity contribution in [2.75, 3.05) is 19.7 Å². The monoisotopic (exact) mass is 254 g/mol. The van der Waals surface area contributed by atoms with Crippen LogP contribution in [0.1, 0.15) is 34.1 Å². The third kappa shape index (κ3) is 2.41. The van der Waals surface area contributed by atoms with Crippen molar-refractivity contribution in [1.82, 2.24) is 10.6 Å². The third-order valence-corrected chi connectivity index (χ3v) is 4.80. The SMILES string of the molecule is CCOC1CC(NC(=O)C(C)C2CNC2)C1(C)C. The summed E-state index contributed by atoms with van der Waals surface area (Å²) in [5.41, 5.74) is 0.0588. The predicted molar refractivity (Wildman–Crippen MR) is 71.3 cm³/mol. The highest BCUT2D eigenvalue weighted by Crippen LogP contribution is 2.42. The molecule has 4 nitrogen and oxygen atoms in total. The average Bonchev–Trinajstić information content (AvgIpc) is 2.25. The molecule has 0 aromatic rings. The molecule has 104 valence electrons. The zero-order valence-corrected chi connectivity index (χ0v) is 12.0. The molecule has 1 amide bonds. The van der Waals surface area contributed by atoms with Crippen molar-refractivity contribution in [1.29, 1.82) is 0 Å². The van der Waals surface area contributed by atoms with Crippen LogP contribution in [0, 0.1) is 17.3 Å². The molecule has 1 aliphatic heterocycles. The zero-order chi connectivity index (χ0) is 13.3. The highest BCUT2D eigenvalue weighted by Gasteiger charge is 2.50. The smallest absolute Gasteiger partial charge is 0.223 e. The van der Waals surface area contributed by atoms with Crippen LogP contribution in [-0.2, 0) is 9.53 Å². The molecule has 0 aromatic heterocycles. The van der Waals surface area contributed by atoms with Gasteiger partial charge in [-0.25, -0.2) is 0 Å². The Hall–Kier alpha value is -0.610. The second-order valence-electron chi connectivity index (χ2n) is 6.27. The van der Waals surface area contributed by atoms with E-state index in [1.54, 1.807) is 0 Å². The third-order valence-electron chi connectivity index (χ3n) is 4.80. The molecule has 2 rings (SSSR count). The Labute approximate surface area is 110 Å². The molecule has 0 radical (unpaired) electrons. The van der Waals surface area contributed by atoms with Gasteiger partial charge in [0.25, 0.3) is 0 Å². The number of rotatable bonds is 5. The summed E-state index contributed by atoms with van der Waals surface area (Å²) >= 11 is 0. The van der Waals surface area contributed by atoms with Crippen molar-refractivity contribution >= 4 is 5.91 Å². The molecule has 1 saturated heterocycles. The Morgan fingerprint density at radius 2 is 2.17 bits per heavy atom. The van der Waals surface area contributed by atoms with E-state index < -0.39 is 0 Å². The van der Waals surface area contributed by atoms with Gasteiger partial charge in [-0.15, -0.1) is 0 Å².